The van der Waals surface area contributed by atoms with Gasteiger partial charge in [-0.25, -0.2) is 4.79 Å². The number of nitrogens with one attached hydrogen (secondary N) is 1. The van der Waals surface area contributed by atoms with Gasteiger partial charge in [-0.2, -0.15) is 0 Å². The summed E-state index contributed by atoms with van der Waals surface area (Å²) in [5.41, 5.74) is -0.597. The van der Waals surface area contributed by atoms with Crippen LogP contribution in [-0.2, 0) is 19.1 Å². The van der Waals surface area contributed by atoms with Crippen LogP contribution >= 0.6 is 0 Å². The minimum absolute atomic E-state index is 0.112. The lowest BCUT2D eigenvalue weighted by Crippen LogP contribution is -2.53. The third kappa shape index (κ3) is 5.91. The van der Waals surface area contributed by atoms with Crippen LogP contribution < -0.4 is 5.32 Å². The summed E-state index contributed by atoms with van der Waals surface area (Å²) in [5.74, 6) is -0.637. The molecule has 22 heavy (non-hydrogen) atoms. The smallest absolute Gasteiger partial charge is 0.410 e. The van der Waals surface area contributed by atoms with Crippen LogP contribution in [0.1, 0.15) is 46.5 Å². The zero-order valence-electron chi connectivity index (χ0n) is 13.8. The van der Waals surface area contributed by atoms with E-state index < -0.39 is 17.7 Å². The minimum atomic E-state index is -0.597. The molecule has 0 aliphatic carbocycles. The van der Waals surface area contributed by atoms with Crippen LogP contribution in [0.15, 0.2) is 0 Å². The van der Waals surface area contributed by atoms with Gasteiger partial charge in [0.25, 0.3) is 0 Å². The summed E-state index contributed by atoms with van der Waals surface area (Å²) in [5, 5.41) is 2.68. The number of methoxy groups -OCH3 is 1. The first-order chi connectivity index (χ1) is 10.2. The van der Waals surface area contributed by atoms with Gasteiger partial charge in [0.05, 0.1) is 13.5 Å². The van der Waals surface area contributed by atoms with E-state index in [9.17, 15) is 14.4 Å². The highest BCUT2D eigenvalue weighted by atomic mass is 16.6. The van der Waals surface area contributed by atoms with Crippen molar-refractivity contribution in [1.29, 1.82) is 0 Å². The topological polar surface area (TPSA) is 84.9 Å². The molecule has 1 saturated heterocycles. The second-order valence-corrected chi connectivity index (χ2v) is 6.30. The van der Waals surface area contributed by atoms with Gasteiger partial charge in [0.1, 0.15) is 11.6 Å². The highest BCUT2D eigenvalue weighted by molar-refractivity contribution is 5.86. The average Bonchev–Trinajstić information content (AvgIpc) is 2.45. The first kappa shape index (κ1) is 18.3. The van der Waals surface area contributed by atoms with Crippen LogP contribution in [0.5, 0.6) is 0 Å². The fourth-order valence-electron chi connectivity index (χ4n) is 2.25. The van der Waals surface area contributed by atoms with Crippen molar-refractivity contribution in [2.75, 3.05) is 20.2 Å². The minimum Gasteiger partial charge on any atom is -0.469 e. The van der Waals surface area contributed by atoms with Crippen LogP contribution in [0.3, 0.4) is 0 Å². The van der Waals surface area contributed by atoms with E-state index in [1.165, 1.54) is 12.0 Å². The maximum Gasteiger partial charge on any atom is 0.410 e. The molecule has 7 nitrogen and oxygen atoms in total. The molecule has 0 bridgehead atoms. The maximum absolute atomic E-state index is 12.2. The maximum atomic E-state index is 12.2. The van der Waals surface area contributed by atoms with Gasteiger partial charge < -0.3 is 14.8 Å². The first-order valence-corrected chi connectivity index (χ1v) is 7.59. The molecular weight excluding hydrogens is 288 g/mol. The molecule has 1 aliphatic heterocycles. The van der Waals surface area contributed by atoms with Crippen molar-refractivity contribution in [2.24, 2.45) is 0 Å². The van der Waals surface area contributed by atoms with Gasteiger partial charge in [0.15, 0.2) is 0 Å². The largest absolute Gasteiger partial charge is 0.469 e. The van der Waals surface area contributed by atoms with E-state index in [1.54, 1.807) is 20.8 Å². The Hall–Kier alpha value is -1.79. The Balaban J connectivity index is 2.58. The van der Waals surface area contributed by atoms with Gasteiger partial charge in [0.2, 0.25) is 5.91 Å². The Kier molecular flexibility index (Phi) is 6.64. The summed E-state index contributed by atoms with van der Waals surface area (Å²) < 4.78 is 9.87. The van der Waals surface area contributed by atoms with Crippen LogP contribution in [0.25, 0.3) is 0 Å². The summed E-state index contributed by atoms with van der Waals surface area (Å²) in [6.07, 6.45) is 1.98. The lowest BCUT2D eigenvalue weighted by Gasteiger charge is -2.35. The molecule has 0 unspecified atom stereocenters. The Morgan fingerprint density at radius 3 is 2.50 bits per heavy atom. The van der Waals surface area contributed by atoms with E-state index in [0.29, 0.717) is 13.0 Å². The lowest BCUT2D eigenvalue weighted by atomic mass is 10.0. The number of piperidine rings is 1. The predicted octanol–water partition coefficient (Wildman–Crippen LogP) is 1.46. The number of esters is 1. The van der Waals surface area contributed by atoms with Gasteiger partial charge >= 0.3 is 12.1 Å². The molecule has 0 radical (unpaired) electrons. The van der Waals surface area contributed by atoms with Gasteiger partial charge in [-0.1, -0.05) is 0 Å². The molecule has 7 heteroatoms. The van der Waals surface area contributed by atoms with Crippen molar-refractivity contribution in [3.8, 4) is 0 Å². The van der Waals surface area contributed by atoms with Crippen LogP contribution in [0, 0.1) is 0 Å². The molecule has 0 spiro atoms. The van der Waals surface area contributed by atoms with Crippen molar-refractivity contribution < 1.29 is 23.9 Å². The number of likely N-dealkylation sites (tertiary alicyclic amines) is 1. The van der Waals surface area contributed by atoms with E-state index in [0.717, 1.165) is 12.8 Å². The second kappa shape index (κ2) is 8.00. The fourth-order valence-corrected chi connectivity index (χ4v) is 2.25. The Morgan fingerprint density at radius 1 is 1.23 bits per heavy atom. The number of hydrogen-bond acceptors (Lipinski definition) is 5. The molecule has 1 rings (SSSR count). The van der Waals surface area contributed by atoms with Crippen molar-refractivity contribution >= 4 is 18.0 Å². The SMILES string of the molecule is COC(=O)CCNC(=O)[C@@H]1CCCCN1C(=O)OC(C)(C)C. The number of rotatable bonds is 4. The summed E-state index contributed by atoms with van der Waals surface area (Å²) in [6.45, 7) is 6.08. The number of ether oxygens (including phenoxy) is 2. The summed E-state index contributed by atoms with van der Waals surface area (Å²) in [7, 11) is 1.30. The molecule has 0 aromatic heterocycles. The summed E-state index contributed by atoms with van der Waals surface area (Å²) >= 11 is 0. The molecule has 0 saturated carbocycles. The normalized spacial score (nSPS) is 18.5. The average molecular weight is 314 g/mol. The zero-order valence-corrected chi connectivity index (χ0v) is 13.8. The number of amides is 2. The van der Waals surface area contributed by atoms with Gasteiger partial charge in [-0.3, -0.25) is 14.5 Å². The first-order valence-electron chi connectivity index (χ1n) is 7.59. The molecule has 1 heterocycles. The van der Waals surface area contributed by atoms with E-state index in [4.69, 9.17) is 4.74 Å². The third-order valence-corrected chi connectivity index (χ3v) is 3.29. The highest BCUT2D eigenvalue weighted by Crippen LogP contribution is 2.20. The number of carbonyl (C=O) groups excluding carboxylic acids is 3. The molecular formula is C15H26N2O5. The Morgan fingerprint density at radius 2 is 1.91 bits per heavy atom. The van der Waals surface area contributed by atoms with E-state index in [1.807, 2.05) is 0 Å². The van der Waals surface area contributed by atoms with E-state index in [2.05, 4.69) is 10.1 Å². The molecule has 1 fully saturated rings. The van der Waals surface area contributed by atoms with E-state index >= 15 is 0 Å². The monoisotopic (exact) mass is 314 g/mol. The Bertz CT molecular complexity index is 417. The molecule has 0 aromatic rings. The summed E-state index contributed by atoms with van der Waals surface area (Å²) in [4.78, 5) is 37.0. The third-order valence-electron chi connectivity index (χ3n) is 3.29. The molecule has 1 N–H and O–H groups in total. The van der Waals surface area contributed by atoms with Crippen LogP contribution in [0.2, 0.25) is 0 Å². The van der Waals surface area contributed by atoms with Crippen LogP contribution in [0.4, 0.5) is 4.79 Å². The standard InChI is InChI=1S/C15H26N2O5/c1-15(2,3)22-14(20)17-10-6-5-7-11(17)13(19)16-9-8-12(18)21-4/h11H,5-10H2,1-4H3,(H,16,19)/t11-/m0/s1. The molecule has 0 aromatic carbocycles. The molecule has 1 aliphatic rings. The molecule has 126 valence electrons. The van der Waals surface area contributed by atoms with Crippen molar-refractivity contribution in [3.63, 3.8) is 0 Å². The van der Waals surface area contributed by atoms with Crippen molar-refractivity contribution in [3.05, 3.63) is 0 Å². The highest BCUT2D eigenvalue weighted by Gasteiger charge is 2.34. The van der Waals surface area contributed by atoms with Gasteiger partial charge in [-0.15, -0.1) is 0 Å². The molecule has 1 atom stereocenters. The molecule has 2 amide bonds. The van der Waals surface area contributed by atoms with Crippen molar-refractivity contribution in [1.82, 2.24) is 10.2 Å². The Labute approximate surface area is 131 Å². The summed E-state index contributed by atoms with van der Waals surface area (Å²) in [6, 6.07) is -0.541. The van der Waals surface area contributed by atoms with Crippen LogP contribution in [-0.4, -0.2) is 54.7 Å². The van der Waals surface area contributed by atoms with Crippen molar-refractivity contribution in [2.45, 2.75) is 58.1 Å². The number of nitrogens with zero attached hydrogens (tertiary/aromatic N) is 1. The fraction of sp³-hybridized carbons (Fsp3) is 0.800. The quantitative estimate of drug-likeness (QED) is 0.794. The number of hydrogen-bond donors (Lipinski definition) is 1. The van der Waals surface area contributed by atoms with E-state index in [-0.39, 0.29) is 24.8 Å². The van der Waals surface area contributed by atoms with Gasteiger partial charge in [-0.05, 0) is 40.0 Å². The van der Waals surface area contributed by atoms with Gasteiger partial charge in [0, 0.05) is 13.1 Å². The lowest BCUT2D eigenvalue weighted by molar-refractivity contribution is -0.140. The number of carbonyl (C=O) groups is 3. The second-order valence-electron chi connectivity index (χ2n) is 6.30. The predicted molar refractivity (Wildman–Crippen MR) is 80.2 cm³/mol. The zero-order chi connectivity index (χ0) is 16.8.